The lowest BCUT2D eigenvalue weighted by Gasteiger charge is -2.36. The van der Waals surface area contributed by atoms with E-state index >= 15 is 0 Å². The van der Waals surface area contributed by atoms with Gasteiger partial charge < -0.3 is 5.32 Å². The molecule has 2 aliphatic rings. The Hall–Kier alpha value is -2.45. The summed E-state index contributed by atoms with van der Waals surface area (Å²) >= 11 is 0. The van der Waals surface area contributed by atoms with Crippen molar-refractivity contribution in [3.05, 3.63) is 107 Å². The average Bonchev–Trinajstić information content (AvgIpc) is 3.75. The fourth-order valence-corrected chi connectivity index (χ4v) is 6.05. The molecule has 0 atom stereocenters. The maximum atomic E-state index is 13.1. The van der Waals surface area contributed by atoms with Crippen LogP contribution >= 0.6 is 0 Å². The topological polar surface area (TPSA) is 12.0 Å². The Morgan fingerprint density at radius 3 is 1.89 bits per heavy atom. The molecule has 0 unspecified atom stereocenters. The first-order valence-electron chi connectivity index (χ1n) is 14.6. The van der Waals surface area contributed by atoms with Gasteiger partial charge in [-0.3, -0.25) is 0 Å². The van der Waals surface area contributed by atoms with Crippen molar-refractivity contribution in [2.24, 2.45) is 5.92 Å². The lowest BCUT2D eigenvalue weighted by atomic mass is 9.75. The van der Waals surface area contributed by atoms with Crippen molar-refractivity contribution < 1.29 is 4.39 Å². The molecule has 2 fully saturated rings. The van der Waals surface area contributed by atoms with Gasteiger partial charge in [0.25, 0.3) is 0 Å². The molecule has 1 N–H and O–H groups in total. The van der Waals surface area contributed by atoms with Crippen LogP contribution in [-0.4, -0.2) is 5.54 Å². The molecular formula is C35H46FN. The van der Waals surface area contributed by atoms with Gasteiger partial charge in [-0.25, -0.2) is 4.39 Å². The molecule has 198 valence electrons. The molecule has 0 amide bonds. The molecule has 2 saturated carbocycles. The van der Waals surface area contributed by atoms with E-state index in [-0.39, 0.29) is 16.8 Å². The Balaban J connectivity index is 0.000000180. The first-order valence-corrected chi connectivity index (χ1v) is 14.6. The summed E-state index contributed by atoms with van der Waals surface area (Å²) in [6, 6.07) is 28.4. The van der Waals surface area contributed by atoms with Crippen LogP contribution in [0.15, 0.2) is 84.9 Å². The zero-order valence-electron chi connectivity index (χ0n) is 23.0. The third kappa shape index (κ3) is 8.01. The van der Waals surface area contributed by atoms with Gasteiger partial charge in [-0.1, -0.05) is 132 Å². The van der Waals surface area contributed by atoms with E-state index in [1.807, 2.05) is 18.2 Å². The molecule has 0 bridgehead atoms. The lowest BCUT2D eigenvalue weighted by Crippen LogP contribution is -2.47. The van der Waals surface area contributed by atoms with Crippen molar-refractivity contribution in [2.75, 3.05) is 0 Å². The Morgan fingerprint density at radius 1 is 0.757 bits per heavy atom. The molecule has 0 aromatic heterocycles. The van der Waals surface area contributed by atoms with Gasteiger partial charge in [0.1, 0.15) is 5.82 Å². The predicted molar refractivity (Wildman–Crippen MR) is 155 cm³/mol. The van der Waals surface area contributed by atoms with Gasteiger partial charge in [0.2, 0.25) is 0 Å². The molecule has 0 saturated heterocycles. The van der Waals surface area contributed by atoms with Crippen LogP contribution in [0, 0.1) is 11.7 Å². The molecule has 1 nitrogen and oxygen atoms in total. The quantitative estimate of drug-likeness (QED) is 0.289. The summed E-state index contributed by atoms with van der Waals surface area (Å²) in [6.45, 7) is 5.39. The zero-order valence-corrected chi connectivity index (χ0v) is 23.0. The Morgan fingerprint density at radius 2 is 1.32 bits per heavy atom. The van der Waals surface area contributed by atoms with E-state index in [4.69, 9.17) is 0 Å². The predicted octanol–water partition coefficient (Wildman–Crippen LogP) is 9.41. The zero-order chi connectivity index (χ0) is 26.0. The highest BCUT2D eigenvalue weighted by molar-refractivity contribution is 5.33. The van der Waals surface area contributed by atoms with Crippen LogP contribution in [0.4, 0.5) is 4.39 Å². The molecule has 0 spiro atoms. The molecule has 5 rings (SSSR count). The van der Waals surface area contributed by atoms with E-state index in [1.165, 1.54) is 87.3 Å². The first kappa shape index (κ1) is 27.6. The normalized spacial score (nSPS) is 17.4. The fraction of sp³-hybridized carbons (Fsp3) is 0.486. The van der Waals surface area contributed by atoms with Gasteiger partial charge in [0, 0.05) is 17.5 Å². The van der Waals surface area contributed by atoms with Crippen molar-refractivity contribution in [1.29, 1.82) is 0 Å². The van der Waals surface area contributed by atoms with E-state index in [2.05, 4.69) is 73.8 Å². The van der Waals surface area contributed by atoms with Gasteiger partial charge in [-0.2, -0.15) is 0 Å². The van der Waals surface area contributed by atoms with E-state index in [0.29, 0.717) is 0 Å². The Kier molecular flexibility index (Phi) is 9.97. The van der Waals surface area contributed by atoms with Crippen LogP contribution in [0.3, 0.4) is 0 Å². The van der Waals surface area contributed by atoms with Crippen LogP contribution in [0.25, 0.3) is 0 Å². The molecule has 3 aromatic carbocycles. The highest BCUT2D eigenvalue weighted by atomic mass is 19.1. The van der Waals surface area contributed by atoms with E-state index < -0.39 is 0 Å². The van der Waals surface area contributed by atoms with Crippen LogP contribution in [-0.2, 0) is 18.4 Å². The summed E-state index contributed by atoms with van der Waals surface area (Å²) in [6.07, 6.45) is 15.4. The summed E-state index contributed by atoms with van der Waals surface area (Å²) in [4.78, 5) is 0. The molecule has 37 heavy (non-hydrogen) atoms. The lowest BCUT2D eigenvalue weighted by molar-refractivity contribution is 0.316. The largest absolute Gasteiger partial charge is 0.306 e. The summed E-state index contributed by atoms with van der Waals surface area (Å²) in [5.74, 6) is 0.864. The van der Waals surface area contributed by atoms with Crippen LogP contribution in [0.1, 0.15) is 94.7 Å². The van der Waals surface area contributed by atoms with Gasteiger partial charge >= 0.3 is 0 Å². The number of rotatable bonds is 9. The molecular weight excluding hydrogens is 453 g/mol. The van der Waals surface area contributed by atoms with Crippen molar-refractivity contribution >= 4 is 0 Å². The SMILES string of the molecule is CC(C)(c1ccc(F)cc1)C1(NCc2ccccc2)CC1.c1ccc(CCCC2CCCCCC2)cc1. The van der Waals surface area contributed by atoms with Crippen molar-refractivity contribution in [3.63, 3.8) is 0 Å². The fourth-order valence-electron chi connectivity index (χ4n) is 6.05. The smallest absolute Gasteiger partial charge is 0.123 e. The molecule has 0 heterocycles. The van der Waals surface area contributed by atoms with E-state index in [0.717, 1.165) is 12.5 Å². The van der Waals surface area contributed by atoms with Gasteiger partial charge in [0.05, 0.1) is 0 Å². The van der Waals surface area contributed by atoms with Crippen LogP contribution in [0.2, 0.25) is 0 Å². The molecule has 0 radical (unpaired) electrons. The summed E-state index contributed by atoms with van der Waals surface area (Å²) in [7, 11) is 0. The standard InChI is InChI=1S/C19H22FN.C16H24/c1-18(2,16-8-10-17(20)11-9-16)19(12-13-19)21-14-15-6-4-3-5-7-15;1-2-5-10-15(9-4-1)13-8-14-16-11-6-3-7-12-16/h3-11,21H,12-14H2,1-2H3;3,6-7,11-12,15H,1-2,4-5,8-10,13-14H2. The molecule has 2 aliphatic carbocycles. The van der Waals surface area contributed by atoms with E-state index in [9.17, 15) is 4.39 Å². The second kappa shape index (κ2) is 13.4. The number of hydrogen-bond acceptors (Lipinski definition) is 1. The highest BCUT2D eigenvalue weighted by Gasteiger charge is 2.54. The van der Waals surface area contributed by atoms with Crippen molar-refractivity contribution in [3.8, 4) is 0 Å². The molecule has 0 aliphatic heterocycles. The molecule has 2 heteroatoms. The minimum atomic E-state index is -0.170. The second-order valence-corrected chi connectivity index (χ2v) is 11.8. The summed E-state index contributed by atoms with van der Waals surface area (Å²) in [5, 5.41) is 3.75. The minimum absolute atomic E-state index is 0.00448. The Labute approximate surface area is 224 Å². The van der Waals surface area contributed by atoms with E-state index in [1.54, 1.807) is 12.1 Å². The highest BCUT2D eigenvalue weighted by Crippen LogP contribution is 2.51. The van der Waals surface area contributed by atoms with Crippen molar-refractivity contribution in [2.45, 2.75) is 102 Å². The third-order valence-corrected chi connectivity index (χ3v) is 8.88. The van der Waals surface area contributed by atoms with Crippen LogP contribution in [0.5, 0.6) is 0 Å². The summed E-state index contributed by atoms with van der Waals surface area (Å²) < 4.78 is 13.1. The van der Waals surface area contributed by atoms with Crippen LogP contribution < -0.4 is 5.32 Å². The number of halogens is 1. The number of benzene rings is 3. The van der Waals surface area contributed by atoms with Gasteiger partial charge in [-0.05, 0) is 60.4 Å². The molecule has 3 aromatic rings. The maximum Gasteiger partial charge on any atom is 0.123 e. The monoisotopic (exact) mass is 499 g/mol. The van der Waals surface area contributed by atoms with Crippen molar-refractivity contribution in [1.82, 2.24) is 5.32 Å². The third-order valence-electron chi connectivity index (χ3n) is 8.88. The first-order chi connectivity index (χ1) is 18.0. The van der Waals surface area contributed by atoms with Gasteiger partial charge in [-0.15, -0.1) is 0 Å². The number of aryl methyl sites for hydroxylation is 1. The number of nitrogens with one attached hydrogen (secondary N) is 1. The second-order valence-electron chi connectivity index (χ2n) is 11.8. The average molecular weight is 500 g/mol. The van der Waals surface area contributed by atoms with Gasteiger partial charge in [0.15, 0.2) is 0 Å². The minimum Gasteiger partial charge on any atom is -0.306 e. The Bertz CT molecular complexity index is 1030. The summed E-state index contributed by atoms with van der Waals surface area (Å²) in [5.41, 5.74) is 4.13. The number of hydrogen-bond donors (Lipinski definition) is 1. The maximum absolute atomic E-state index is 13.1.